The largest absolute Gasteiger partial charge is 0.426 e. The quantitative estimate of drug-likeness (QED) is 0.184. The summed E-state index contributed by atoms with van der Waals surface area (Å²) >= 11 is 12.7. The van der Waals surface area contributed by atoms with Gasteiger partial charge in [0.25, 0.3) is 5.91 Å². The number of alkyl halides is 3. The second kappa shape index (κ2) is 20.6. The Labute approximate surface area is 357 Å². The number of hydrogen-bond donors (Lipinski definition) is 6. The Bertz CT molecular complexity index is 1780. The highest BCUT2D eigenvalue weighted by Crippen LogP contribution is 2.34. The Balaban J connectivity index is 1.62. The summed E-state index contributed by atoms with van der Waals surface area (Å²) in [5.74, 6) is -6.26. The van der Waals surface area contributed by atoms with E-state index in [2.05, 4.69) is 21.3 Å². The number of halogens is 5. The molecule has 3 fully saturated rings. The standard InChI is InChI=1S/C40H56Cl2F3N7O8/c1-6-26(49-38(59)39(4,60)40(43,44)45)32(53)50-31(22-12-13-22)37(58)51(5)29-10-7-8-16-46-34(55)30-11-9-17-52(30)36(57)28(20-23-19-24(41)14-15-25(23)42)48-33(54)27(18-21(2)3)47-35(29)56/h14-15,19,21-22,26-31,60H,6-13,16-18,20H2,1-5H3,(H,46,55)(H,47,56)(H,48,54)(H,49,59)(H,50,53)/t26-,27-,28+,29-,30+,31-,39+/m0/s1. The lowest BCUT2D eigenvalue weighted by Crippen LogP contribution is -2.62. The van der Waals surface area contributed by atoms with Gasteiger partial charge < -0.3 is 41.5 Å². The summed E-state index contributed by atoms with van der Waals surface area (Å²) in [5.41, 5.74) is -3.31. The fourth-order valence-corrected chi connectivity index (χ4v) is 7.77. The van der Waals surface area contributed by atoms with E-state index in [1.54, 1.807) is 18.2 Å². The molecule has 0 bridgehead atoms. The Morgan fingerprint density at radius 1 is 0.950 bits per heavy atom. The molecule has 2 heterocycles. The summed E-state index contributed by atoms with van der Waals surface area (Å²) in [5, 5.41) is 23.4. The van der Waals surface area contributed by atoms with Crippen LogP contribution in [0.2, 0.25) is 10.0 Å². The first kappa shape index (κ1) is 48.5. The van der Waals surface area contributed by atoms with E-state index >= 15 is 0 Å². The highest BCUT2D eigenvalue weighted by atomic mass is 35.5. The molecule has 7 amide bonds. The molecule has 0 unspecified atom stereocenters. The van der Waals surface area contributed by atoms with Gasteiger partial charge in [0.05, 0.1) is 0 Å². The smallest absolute Gasteiger partial charge is 0.373 e. The monoisotopic (exact) mass is 889 g/mol. The van der Waals surface area contributed by atoms with Crippen LogP contribution >= 0.6 is 23.2 Å². The molecule has 15 nitrogen and oxygen atoms in total. The van der Waals surface area contributed by atoms with Gasteiger partial charge in [-0.1, -0.05) is 44.0 Å². The van der Waals surface area contributed by atoms with Gasteiger partial charge in [0, 0.05) is 36.6 Å². The van der Waals surface area contributed by atoms with E-state index in [1.807, 2.05) is 19.2 Å². The van der Waals surface area contributed by atoms with Crippen LogP contribution in [0, 0.1) is 11.8 Å². The van der Waals surface area contributed by atoms with Crippen molar-refractivity contribution in [1.82, 2.24) is 36.4 Å². The number of nitrogens with one attached hydrogen (secondary N) is 5. The first-order chi connectivity index (χ1) is 28.1. The van der Waals surface area contributed by atoms with Crippen molar-refractivity contribution in [3.8, 4) is 0 Å². The van der Waals surface area contributed by atoms with Crippen LogP contribution < -0.4 is 26.6 Å². The Kier molecular flexibility index (Phi) is 16.7. The number of carbonyl (C=O) groups excluding carboxylic acids is 7. The minimum atomic E-state index is -5.33. The number of hydrogen-bond acceptors (Lipinski definition) is 8. The van der Waals surface area contributed by atoms with Crippen LogP contribution in [0.3, 0.4) is 0 Å². The fourth-order valence-electron chi connectivity index (χ4n) is 7.38. The highest BCUT2D eigenvalue weighted by Gasteiger charge is 2.56. The normalized spacial score (nSPS) is 24.3. The minimum absolute atomic E-state index is 0.0739. The molecular weight excluding hydrogens is 834 g/mol. The van der Waals surface area contributed by atoms with Gasteiger partial charge in [0.2, 0.25) is 41.0 Å². The Hall–Kier alpha value is -4.16. The number of benzene rings is 1. The first-order valence-corrected chi connectivity index (χ1v) is 21.1. The molecule has 7 atom stereocenters. The van der Waals surface area contributed by atoms with Crippen molar-refractivity contribution in [2.24, 2.45) is 11.8 Å². The summed E-state index contributed by atoms with van der Waals surface area (Å²) in [6.45, 7) is 5.86. The van der Waals surface area contributed by atoms with Gasteiger partial charge in [-0.15, -0.1) is 0 Å². The second-order valence-electron chi connectivity index (χ2n) is 16.5. The maximum Gasteiger partial charge on any atom is 0.426 e. The summed E-state index contributed by atoms with van der Waals surface area (Å²) in [4.78, 5) is 98.8. The molecule has 0 radical (unpaired) electrons. The Morgan fingerprint density at radius 3 is 2.23 bits per heavy atom. The van der Waals surface area contributed by atoms with Crippen LogP contribution in [0.4, 0.5) is 13.2 Å². The summed E-state index contributed by atoms with van der Waals surface area (Å²) in [6, 6.07) is -2.40. The lowest BCUT2D eigenvalue weighted by molar-refractivity contribution is -0.245. The number of rotatable bonds is 12. The van der Waals surface area contributed by atoms with Gasteiger partial charge >= 0.3 is 6.18 Å². The van der Waals surface area contributed by atoms with Crippen LogP contribution in [-0.2, 0) is 40.0 Å². The second-order valence-corrected chi connectivity index (χ2v) is 17.3. The molecule has 20 heteroatoms. The zero-order chi connectivity index (χ0) is 44.7. The van der Waals surface area contributed by atoms with Crippen LogP contribution in [0.5, 0.6) is 0 Å². The molecule has 2 aliphatic heterocycles. The van der Waals surface area contributed by atoms with Gasteiger partial charge in [0.1, 0.15) is 36.3 Å². The lowest BCUT2D eigenvalue weighted by Gasteiger charge is -2.34. The number of nitrogens with zero attached hydrogens (tertiary/aromatic N) is 2. The molecule has 3 aliphatic rings. The van der Waals surface area contributed by atoms with Crippen molar-refractivity contribution in [2.45, 2.75) is 140 Å². The van der Waals surface area contributed by atoms with E-state index in [1.165, 1.54) is 18.9 Å². The maximum atomic E-state index is 14.3. The van der Waals surface area contributed by atoms with E-state index in [-0.39, 0.29) is 63.4 Å². The molecule has 4 rings (SSSR count). The lowest BCUT2D eigenvalue weighted by atomic mass is 9.99. The molecule has 0 aromatic heterocycles. The summed E-state index contributed by atoms with van der Waals surface area (Å²) in [6.07, 6.45) is -2.64. The number of fused-ring (bicyclic) bond motifs is 1. The van der Waals surface area contributed by atoms with E-state index in [0.717, 1.165) is 4.90 Å². The zero-order valence-corrected chi connectivity index (χ0v) is 35.9. The zero-order valence-electron chi connectivity index (χ0n) is 34.4. The molecular formula is C40H56Cl2F3N7O8. The third kappa shape index (κ3) is 12.2. The van der Waals surface area contributed by atoms with Gasteiger partial charge in [0.15, 0.2) is 0 Å². The highest BCUT2D eigenvalue weighted by molar-refractivity contribution is 6.33. The molecule has 0 spiro atoms. The van der Waals surface area contributed by atoms with Crippen LogP contribution in [0.15, 0.2) is 18.2 Å². The molecule has 1 saturated carbocycles. The number of aliphatic hydroxyl groups is 1. The number of likely N-dealkylation sites (N-methyl/N-ethyl adjacent to an activating group) is 1. The molecule has 2 saturated heterocycles. The Morgan fingerprint density at radius 2 is 1.62 bits per heavy atom. The third-order valence-corrected chi connectivity index (χ3v) is 11.8. The molecule has 1 aromatic rings. The minimum Gasteiger partial charge on any atom is -0.373 e. The van der Waals surface area contributed by atoms with E-state index in [9.17, 15) is 51.8 Å². The molecule has 334 valence electrons. The number of carbonyl (C=O) groups is 7. The molecule has 1 aromatic carbocycles. The average molecular weight is 891 g/mol. The van der Waals surface area contributed by atoms with Crippen molar-refractivity contribution in [2.75, 3.05) is 20.1 Å². The molecule has 6 N–H and O–H groups in total. The predicted octanol–water partition coefficient (Wildman–Crippen LogP) is 2.77. The summed E-state index contributed by atoms with van der Waals surface area (Å²) in [7, 11) is 1.36. The van der Waals surface area contributed by atoms with Gasteiger partial charge in [-0.3, -0.25) is 33.6 Å². The van der Waals surface area contributed by atoms with Crippen molar-refractivity contribution in [3.63, 3.8) is 0 Å². The van der Waals surface area contributed by atoms with E-state index < -0.39 is 83.5 Å². The topological polar surface area (TPSA) is 206 Å². The van der Waals surface area contributed by atoms with Crippen molar-refractivity contribution in [3.05, 3.63) is 33.8 Å². The predicted molar refractivity (Wildman–Crippen MR) is 215 cm³/mol. The SMILES string of the molecule is CC[C@H](NC(=O)[C@@](C)(O)C(F)(F)F)C(=O)N[C@H](C(=O)N(C)[C@H]1CCCCNC(=O)[C@H]2CCCN2C(=O)[C@@H](Cc2cc(Cl)ccc2Cl)NC(=O)[C@H](CC(C)C)NC1=O)C1CC1. The van der Waals surface area contributed by atoms with E-state index in [4.69, 9.17) is 23.2 Å². The van der Waals surface area contributed by atoms with Crippen molar-refractivity contribution >= 4 is 64.6 Å². The molecule has 1 aliphatic carbocycles. The maximum absolute atomic E-state index is 14.3. The van der Waals surface area contributed by atoms with Crippen LogP contribution in [0.1, 0.15) is 91.0 Å². The fraction of sp³-hybridized carbons (Fsp3) is 0.675. The van der Waals surface area contributed by atoms with Gasteiger partial charge in [-0.05, 0) is 100 Å². The van der Waals surface area contributed by atoms with Crippen LogP contribution in [0.25, 0.3) is 0 Å². The van der Waals surface area contributed by atoms with Crippen molar-refractivity contribution in [1.29, 1.82) is 0 Å². The van der Waals surface area contributed by atoms with Crippen LogP contribution in [-0.4, -0.2) is 124 Å². The molecule has 60 heavy (non-hydrogen) atoms. The van der Waals surface area contributed by atoms with Gasteiger partial charge in [-0.2, -0.15) is 13.2 Å². The number of amides is 7. The van der Waals surface area contributed by atoms with Gasteiger partial charge in [-0.25, -0.2) is 0 Å². The summed E-state index contributed by atoms with van der Waals surface area (Å²) < 4.78 is 40.0. The average Bonchev–Trinajstić information content (AvgIpc) is 3.90. The first-order valence-electron chi connectivity index (χ1n) is 20.4. The van der Waals surface area contributed by atoms with Crippen molar-refractivity contribution < 1.29 is 51.8 Å². The third-order valence-electron chi connectivity index (χ3n) is 11.2. The van der Waals surface area contributed by atoms with E-state index in [0.29, 0.717) is 54.1 Å².